The van der Waals surface area contributed by atoms with Gasteiger partial charge in [-0.2, -0.15) is 36.3 Å². The van der Waals surface area contributed by atoms with Crippen LogP contribution in [0.3, 0.4) is 0 Å². The molecule has 0 unspecified atom stereocenters. The molecule has 2 heterocycles. The molecule has 0 fully saturated rings. The monoisotopic (exact) mass is 1030 g/mol. The summed E-state index contributed by atoms with van der Waals surface area (Å²) in [6, 6.07) is 26.3. The molecule has 72 heavy (non-hydrogen) atoms. The van der Waals surface area contributed by atoms with Crippen molar-refractivity contribution in [3.05, 3.63) is 159 Å². The van der Waals surface area contributed by atoms with Crippen LogP contribution in [0.25, 0.3) is 67.9 Å². The predicted octanol–water partition coefficient (Wildman–Crippen LogP) is 12.8. The molecular formula is C51H37Cl2F7N6O6. The Morgan fingerprint density at radius 1 is 0.611 bits per heavy atom. The lowest BCUT2D eigenvalue weighted by Crippen LogP contribution is -2.28. The minimum Gasteiger partial charge on any atom is -0.480 e. The number of likely N-dealkylation sites (N-methyl/N-ethyl adjacent to an activating group) is 2. The normalized spacial score (nSPS) is 12.0. The number of aromatic nitrogens is 4. The summed E-state index contributed by atoms with van der Waals surface area (Å²) >= 11 is 13.2. The Labute approximate surface area is 415 Å². The third-order valence-electron chi connectivity index (χ3n) is 11.1. The van der Waals surface area contributed by atoms with E-state index in [-0.39, 0.29) is 98.8 Å². The zero-order valence-corrected chi connectivity index (χ0v) is 39.4. The van der Waals surface area contributed by atoms with Crippen molar-refractivity contribution in [1.82, 2.24) is 30.1 Å². The summed E-state index contributed by atoms with van der Waals surface area (Å²) in [6.07, 6.45) is -9.60. The van der Waals surface area contributed by atoms with Crippen LogP contribution >= 0.6 is 23.2 Å². The molecule has 0 radical (unpaired) electrons. The second kappa shape index (κ2) is 20.7. The molecule has 0 spiro atoms. The lowest BCUT2D eigenvalue weighted by molar-refractivity contribution is -0.139. The summed E-state index contributed by atoms with van der Waals surface area (Å²) in [6.45, 7) is 1.34. The van der Waals surface area contributed by atoms with E-state index in [0.717, 1.165) is 18.2 Å². The highest BCUT2D eigenvalue weighted by Crippen LogP contribution is 2.43. The molecule has 0 aliphatic rings. The van der Waals surface area contributed by atoms with E-state index in [1.807, 2.05) is 0 Å². The smallest absolute Gasteiger partial charge is 0.417 e. The first kappa shape index (κ1) is 50.9. The van der Waals surface area contributed by atoms with E-state index in [4.69, 9.17) is 42.1 Å². The molecule has 1 N–H and O–H groups in total. The number of carboxylic acids is 1. The summed E-state index contributed by atoms with van der Waals surface area (Å²) in [5, 5.41) is 16.9. The summed E-state index contributed by atoms with van der Waals surface area (Å²) in [4.78, 5) is 35.7. The number of carboxylic acid groups (broad SMARTS) is 1. The Morgan fingerprint density at radius 2 is 1.18 bits per heavy atom. The van der Waals surface area contributed by atoms with Crippen LogP contribution in [0.4, 0.5) is 30.7 Å². The zero-order valence-electron chi connectivity index (χ0n) is 37.9. The molecule has 0 saturated heterocycles. The molecule has 0 bridgehead atoms. The molecule has 6 aromatic carbocycles. The summed E-state index contributed by atoms with van der Waals surface area (Å²) in [7, 11) is 3.13. The van der Waals surface area contributed by atoms with Crippen molar-refractivity contribution >= 4 is 35.1 Å². The Hall–Kier alpha value is -7.45. The summed E-state index contributed by atoms with van der Waals surface area (Å²) in [5.74, 6) is -3.16. The fourth-order valence-electron chi connectivity index (χ4n) is 7.91. The van der Waals surface area contributed by atoms with Gasteiger partial charge in [-0.25, -0.2) is 4.39 Å². The quantitative estimate of drug-likeness (QED) is 0.0592. The maximum Gasteiger partial charge on any atom is 0.417 e. The summed E-state index contributed by atoms with van der Waals surface area (Å²) in [5.41, 5.74) is 0.643. The van der Waals surface area contributed by atoms with E-state index in [1.54, 1.807) is 69.6 Å². The van der Waals surface area contributed by atoms with E-state index in [9.17, 15) is 40.3 Å². The van der Waals surface area contributed by atoms with E-state index in [2.05, 4.69) is 20.3 Å². The largest absolute Gasteiger partial charge is 0.480 e. The molecular weight excluding hydrogens is 996 g/mol. The van der Waals surface area contributed by atoms with Crippen LogP contribution in [-0.4, -0.2) is 74.3 Å². The highest BCUT2D eigenvalue weighted by molar-refractivity contribution is 6.34. The second-order valence-electron chi connectivity index (χ2n) is 16.7. The van der Waals surface area contributed by atoms with E-state index >= 15 is 0 Å². The number of alkyl halides is 6. The van der Waals surface area contributed by atoms with Gasteiger partial charge in [0.05, 0.1) is 29.2 Å². The first-order chi connectivity index (χ1) is 34.1. The average Bonchev–Trinajstić information content (AvgIpc) is 4.00. The minimum absolute atomic E-state index is 0.00109. The molecule has 21 heteroatoms. The van der Waals surface area contributed by atoms with Crippen LogP contribution in [0.5, 0.6) is 5.75 Å². The number of benzene rings is 6. The number of halogens is 9. The van der Waals surface area contributed by atoms with Crippen molar-refractivity contribution in [2.75, 3.05) is 27.2 Å². The number of aliphatic carboxylic acids is 1. The third-order valence-corrected chi connectivity index (χ3v) is 11.7. The van der Waals surface area contributed by atoms with Gasteiger partial charge in [-0.05, 0) is 121 Å². The Morgan fingerprint density at radius 3 is 1.85 bits per heavy atom. The molecule has 0 amide bonds. The van der Waals surface area contributed by atoms with Crippen LogP contribution < -0.4 is 4.74 Å². The van der Waals surface area contributed by atoms with Crippen molar-refractivity contribution in [1.29, 1.82) is 0 Å². The Balaban J connectivity index is 0.913. The topological polar surface area (TPSA) is 148 Å². The first-order valence-electron chi connectivity index (χ1n) is 21.4. The van der Waals surface area contributed by atoms with E-state index < -0.39 is 41.2 Å². The van der Waals surface area contributed by atoms with Crippen LogP contribution in [0.2, 0.25) is 10.0 Å². The van der Waals surface area contributed by atoms with Gasteiger partial charge in [0.15, 0.2) is 0 Å². The Bertz CT molecular complexity index is 3340. The maximum absolute atomic E-state index is 14.6. The van der Waals surface area contributed by atoms with Crippen LogP contribution in [0.15, 0.2) is 124 Å². The van der Waals surface area contributed by atoms with Crippen molar-refractivity contribution in [3.63, 3.8) is 0 Å². The van der Waals surface area contributed by atoms with Gasteiger partial charge in [0, 0.05) is 45.9 Å². The number of nitrogens with zero attached hydrogens (tertiary/aromatic N) is 6. The van der Waals surface area contributed by atoms with Crippen molar-refractivity contribution < 1.29 is 59.2 Å². The SMILES string of the molecule is Cc1ccccc1-c1ccc(-c2nc(-c3ccc(CN(C)CC(=O)Oc4ccc(-c5ccc(-c6nc(-c7cc(F)cc(CN(C)CC(=O)O)c7)no6)cc5Cl)c(C(F)(F)F)c4)cc3Cl)no2)cc1C(F)(F)F. The number of rotatable bonds is 15. The summed E-state index contributed by atoms with van der Waals surface area (Å²) < 4.78 is 117. The highest BCUT2D eigenvalue weighted by atomic mass is 35.5. The van der Waals surface area contributed by atoms with Crippen molar-refractivity contribution in [2.45, 2.75) is 32.4 Å². The van der Waals surface area contributed by atoms with Gasteiger partial charge >= 0.3 is 24.3 Å². The third kappa shape index (κ3) is 11.8. The van der Waals surface area contributed by atoms with E-state index in [0.29, 0.717) is 33.9 Å². The number of esters is 1. The zero-order chi connectivity index (χ0) is 51.6. The number of carbonyl (C=O) groups excluding carboxylic acids is 1. The minimum atomic E-state index is -4.91. The average molecular weight is 1030 g/mol. The van der Waals surface area contributed by atoms with Gasteiger partial charge in [0.25, 0.3) is 11.8 Å². The van der Waals surface area contributed by atoms with Crippen LogP contribution in [-0.2, 0) is 35.0 Å². The van der Waals surface area contributed by atoms with Crippen LogP contribution in [0, 0.1) is 12.7 Å². The van der Waals surface area contributed by atoms with Gasteiger partial charge in [0.2, 0.25) is 11.6 Å². The fourth-order valence-corrected chi connectivity index (χ4v) is 8.48. The molecule has 370 valence electrons. The number of hydrogen-bond acceptors (Lipinski definition) is 11. The lowest BCUT2D eigenvalue weighted by atomic mass is 9.94. The second-order valence-corrected chi connectivity index (χ2v) is 17.5. The number of carbonyl (C=O) groups is 2. The highest BCUT2D eigenvalue weighted by Gasteiger charge is 2.36. The number of hydrogen-bond donors (Lipinski definition) is 1. The van der Waals surface area contributed by atoms with Gasteiger partial charge in [-0.3, -0.25) is 19.4 Å². The predicted molar refractivity (Wildman–Crippen MR) is 252 cm³/mol. The molecule has 0 saturated carbocycles. The van der Waals surface area contributed by atoms with Gasteiger partial charge in [-0.1, -0.05) is 82.0 Å². The lowest BCUT2D eigenvalue weighted by Gasteiger charge is -2.18. The Kier molecular flexibility index (Phi) is 14.7. The van der Waals surface area contributed by atoms with Crippen molar-refractivity contribution in [2.24, 2.45) is 0 Å². The molecule has 8 rings (SSSR count). The fraction of sp³-hybridized carbons (Fsp3) is 0.176. The van der Waals surface area contributed by atoms with Crippen molar-refractivity contribution in [3.8, 4) is 73.7 Å². The molecule has 0 aliphatic carbocycles. The van der Waals surface area contributed by atoms with Gasteiger partial charge in [0.1, 0.15) is 11.6 Å². The maximum atomic E-state index is 14.6. The molecule has 2 aromatic heterocycles. The molecule has 12 nitrogen and oxygen atoms in total. The molecule has 0 atom stereocenters. The molecule has 8 aromatic rings. The van der Waals surface area contributed by atoms with Gasteiger partial charge in [-0.15, -0.1) is 0 Å². The van der Waals surface area contributed by atoms with Crippen LogP contribution in [0.1, 0.15) is 27.8 Å². The molecule has 0 aliphatic heterocycles. The van der Waals surface area contributed by atoms with Gasteiger partial charge < -0.3 is 18.9 Å². The first-order valence-corrected chi connectivity index (χ1v) is 22.2. The number of ether oxygens (including phenoxy) is 1. The number of aryl methyl sites for hydroxylation is 1. The van der Waals surface area contributed by atoms with E-state index in [1.165, 1.54) is 52.3 Å². The standard InChI is InChI=1S/C51H37Cl2F7N6O6/c1-27-6-4-5-7-35(27)36-13-9-30(20-40(36)50(55,56)57)48-62-47(64-72-48)39-12-8-28(18-42(39)52)23-66(3)26-45(69)70-34-11-15-37(41(22-34)51(58,59)60)38-14-10-31(21-43(38)53)49-61-46(63-71-49)32-16-29(17-33(54)19-32)24-65(2)25-44(67)68/h4-22H,23-26H2,1-3H3,(H,67,68).